The van der Waals surface area contributed by atoms with E-state index in [-0.39, 0.29) is 25.4 Å². The van der Waals surface area contributed by atoms with Gasteiger partial charge in [-0.25, -0.2) is 0 Å². The zero-order chi connectivity index (χ0) is 17.9. The summed E-state index contributed by atoms with van der Waals surface area (Å²) in [6.45, 7) is 8.50. The van der Waals surface area contributed by atoms with Crippen molar-refractivity contribution < 1.29 is 29.2 Å². The largest absolute Gasteiger partial charge is 0.394 e. The molecule has 1 saturated heterocycles. The molecule has 1 heterocycles. The summed E-state index contributed by atoms with van der Waals surface area (Å²) in [4.78, 5) is 0. The van der Waals surface area contributed by atoms with Crippen molar-refractivity contribution in [2.24, 2.45) is 0 Å². The molecule has 0 amide bonds. The van der Waals surface area contributed by atoms with E-state index in [4.69, 9.17) is 29.2 Å². The predicted octanol–water partition coefficient (Wildman–Crippen LogP) is 2.16. The molecule has 0 aromatic heterocycles. The summed E-state index contributed by atoms with van der Waals surface area (Å²) in [5.41, 5.74) is 0. The molecular weight excluding hydrogens is 312 g/mol. The highest BCUT2D eigenvalue weighted by molar-refractivity contribution is 4.72. The van der Waals surface area contributed by atoms with Crippen molar-refractivity contribution in [3.8, 4) is 0 Å². The van der Waals surface area contributed by atoms with Crippen LogP contribution in [-0.2, 0) is 18.9 Å². The fourth-order valence-corrected chi connectivity index (χ4v) is 2.13. The monoisotopic (exact) mass is 350 g/mol. The van der Waals surface area contributed by atoms with Crippen LogP contribution in [0.25, 0.3) is 0 Å². The number of aliphatic hydroxyl groups is 2. The molecule has 6 heteroatoms. The molecule has 1 fully saturated rings. The van der Waals surface area contributed by atoms with Gasteiger partial charge in [-0.3, -0.25) is 0 Å². The molecule has 1 aliphatic rings. The number of aliphatic hydroxyl groups excluding tert-OH is 2. The van der Waals surface area contributed by atoms with E-state index in [9.17, 15) is 0 Å². The Hall–Kier alpha value is -0.240. The Labute approximate surface area is 147 Å². The first-order valence-electron chi connectivity index (χ1n) is 9.38. The lowest BCUT2D eigenvalue weighted by molar-refractivity contribution is -0.0317. The minimum absolute atomic E-state index is 0.0553. The lowest BCUT2D eigenvalue weighted by Crippen LogP contribution is -2.19. The van der Waals surface area contributed by atoms with Crippen LogP contribution in [0, 0.1) is 0 Å². The minimum atomic E-state index is 0.0553. The van der Waals surface area contributed by atoms with Gasteiger partial charge in [0, 0.05) is 13.2 Å². The summed E-state index contributed by atoms with van der Waals surface area (Å²) in [5.74, 6) is 0. The minimum Gasteiger partial charge on any atom is -0.394 e. The second-order valence-corrected chi connectivity index (χ2v) is 5.87. The quantitative estimate of drug-likeness (QED) is 0.468. The Kier molecular flexibility index (Phi) is 18.9. The van der Waals surface area contributed by atoms with E-state index >= 15 is 0 Å². The smallest absolute Gasteiger partial charge is 0.0814 e. The standard InChI is InChI=1S/C10H20O3.C8H18O3/c1-2-3-6-12-8-10-5-4-9(7-11)13-10;1-2-3-5-10-7-8-11-6-4-9/h9-11H,2-8H2,1H3;9H,2-8H2,1H3. The molecule has 1 aliphatic heterocycles. The number of unbranched alkanes of at least 4 members (excludes halogenated alkanes) is 2. The van der Waals surface area contributed by atoms with Gasteiger partial charge in [0.2, 0.25) is 0 Å². The lowest BCUT2D eigenvalue weighted by atomic mass is 10.2. The first-order chi connectivity index (χ1) is 11.8. The van der Waals surface area contributed by atoms with Crippen LogP contribution in [0.5, 0.6) is 0 Å². The molecule has 0 spiro atoms. The van der Waals surface area contributed by atoms with Crippen LogP contribution in [0.2, 0.25) is 0 Å². The number of hydrogen-bond donors (Lipinski definition) is 2. The molecule has 0 radical (unpaired) electrons. The lowest BCUT2D eigenvalue weighted by Gasteiger charge is -2.11. The zero-order valence-corrected chi connectivity index (χ0v) is 15.6. The summed E-state index contributed by atoms with van der Waals surface area (Å²) in [7, 11) is 0. The van der Waals surface area contributed by atoms with Gasteiger partial charge in [-0.05, 0) is 25.7 Å². The summed E-state index contributed by atoms with van der Waals surface area (Å²) in [5, 5.41) is 17.2. The molecule has 0 aromatic rings. The Morgan fingerprint density at radius 3 is 1.92 bits per heavy atom. The van der Waals surface area contributed by atoms with Gasteiger partial charge in [-0.15, -0.1) is 0 Å². The summed E-state index contributed by atoms with van der Waals surface area (Å²) < 4.78 is 21.2. The molecule has 146 valence electrons. The Balaban J connectivity index is 0.000000449. The molecule has 2 atom stereocenters. The molecule has 2 unspecified atom stereocenters. The van der Waals surface area contributed by atoms with Crippen molar-refractivity contribution in [2.45, 2.75) is 64.6 Å². The fraction of sp³-hybridized carbons (Fsp3) is 1.00. The van der Waals surface area contributed by atoms with Crippen LogP contribution in [0.4, 0.5) is 0 Å². The first kappa shape index (κ1) is 23.8. The first-order valence-corrected chi connectivity index (χ1v) is 9.38. The Bertz CT molecular complexity index is 232. The molecule has 0 aromatic carbocycles. The molecule has 0 bridgehead atoms. The van der Waals surface area contributed by atoms with Gasteiger partial charge in [0.15, 0.2) is 0 Å². The molecule has 24 heavy (non-hydrogen) atoms. The van der Waals surface area contributed by atoms with E-state index in [1.54, 1.807) is 0 Å². The van der Waals surface area contributed by atoms with Crippen LogP contribution in [-0.4, -0.2) is 75.3 Å². The summed E-state index contributed by atoms with van der Waals surface area (Å²) >= 11 is 0. The zero-order valence-electron chi connectivity index (χ0n) is 15.6. The average Bonchev–Trinajstić information content (AvgIpc) is 3.07. The summed E-state index contributed by atoms with van der Waals surface area (Å²) in [6, 6.07) is 0. The van der Waals surface area contributed by atoms with Crippen LogP contribution in [0.15, 0.2) is 0 Å². The predicted molar refractivity (Wildman–Crippen MR) is 94.3 cm³/mol. The molecule has 1 rings (SSSR count). The number of hydrogen-bond acceptors (Lipinski definition) is 6. The molecule has 6 nitrogen and oxygen atoms in total. The van der Waals surface area contributed by atoms with Crippen molar-refractivity contribution in [1.82, 2.24) is 0 Å². The highest BCUT2D eigenvalue weighted by Gasteiger charge is 2.24. The second kappa shape index (κ2) is 19.1. The Morgan fingerprint density at radius 2 is 1.38 bits per heavy atom. The van der Waals surface area contributed by atoms with Gasteiger partial charge >= 0.3 is 0 Å². The second-order valence-electron chi connectivity index (χ2n) is 5.87. The molecule has 0 aliphatic carbocycles. The highest BCUT2D eigenvalue weighted by Crippen LogP contribution is 2.19. The van der Waals surface area contributed by atoms with Crippen LogP contribution >= 0.6 is 0 Å². The fourth-order valence-electron chi connectivity index (χ4n) is 2.13. The maximum atomic E-state index is 8.83. The highest BCUT2D eigenvalue weighted by atomic mass is 16.5. The van der Waals surface area contributed by atoms with Crippen LogP contribution < -0.4 is 0 Å². The van der Waals surface area contributed by atoms with Gasteiger partial charge < -0.3 is 29.2 Å². The van der Waals surface area contributed by atoms with E-state index in [1.165, 1.54) is 6.42 Å². The van der Waals surface area contributed by atoms with Crippen LogP contribution in [0.3, 0.4) is 0 Å². The maximum absolute atomic E-state index is 8.83. The van der Waals surface area contributed by atoms with E-state index in [0.717, 1.165) is 45.3 Å². The van der Waals surface area contributed by atoms with Gasteiger partial charge in [-0.2, -0.15) is 0 Å². The van der Waals surface area contributed by atoms with E-state index in [2.05, 4.69) is 13.8 Å². The van der Waals surface area contributed by atoms with Gasteiger partial charge in [0.1, 0.15) is 0 Å². The third-order valence-electron chi connectivity index (χ3n) is 3.59. The number of ether oxygens (including phenoxy) is 4. The molecule has 0 saturated carbocycles. The van der Waals surface area contributed by atoms with Crippen LogP contribution in [0.1, 0.15) is 52.4 Å². The van der Waals surface area contributed by atoms with Crippen molar-refractivity contribution >= 4 is 0 Å². The van der Waals surface area contributed by atoms with E-state index in [1.807, 2.05) is 0 Å². The Morgan fingerprint density at radius 1 is 0.792 bits per heavy atom. The molecule has 2 N–H and O–H groups in total. The third-order valence-corrected chi connectivity index (χ3v) is 3.59. The van der Waals surface area contributed by atoms with Crippen molar-refractivity contribution in [3.63, 3.8) is 0 Å². The molecular formula is C18H38O6. The summed E-state index contributed by atoms with van der Waals surface area (Å²) in [6.07, 6.45) is 6.84. The van der Waals surface area contributed by atoms with Crippen molar-refractivity contribution in [3.05, 3.63) is 0 Å². The van der Waals surface area contributed by atoms with Gasteiger partial charge in [0.25, 0.3) is 0 Å². The topological polar surface area (TPSA) is 77.4 Å². The van der Waals surface area contributed by atoms with Crippen molar-refractivity contribution in [1.29, 1.82) is 0 Å². The number of rotatable bonds is 14. The third kappa shape index (κ3) is 15.3. The SMILES string of the molecule is CCCCOCC1CCC(CO)O1.CCCCOCCOCCO. The maximum Gasteiger partial charge on any atom is 0.0814 e. The normalized spacial score (nSPS) is 20.0. The van der Waals surface area contributed by atoms with Crippen molar-refractivity contribution in [2.75, 3.05) is 52.9 Å². The average molecular weight is 350 g/mol. The van der Waals surface area contributed by atoms with Gasteiger partial charge in [0.05, 0.1) is 51.8 Å². The van der Waals surface area contributed by atoms with E-state index < -0.39 is 0 Å². The van der Waals surface area contributed by atoms with Gasteiger partial charge in [-0.1, -0.05) is 26.7 Å². The van der Waals surface area contributed by atoms with E-state index in [0.29, 0.717) is 26.4 Å².